The van der Waals surface area contributed by atoms with Gasteiger partial charge in [0.25, 0.3) is 0 Å². The minimum absolute atomic E-state index is 0.0680. The van der Waals surface area contributed by atoms with Crippen molar-refractivity contribution in [3.63, 3.8) is 0 Å². The Morgan fingerprint density at radius 3 is 2.58 bits per heavy atom. The van der Waals surface area contributed by atoms with Gasteiger partial charge in [0.05, 0.1) is 24.4 Å². The van der Waals surface area contributed by atoms with Crippen molar-refractivity contribution >= 4 is 5.69 Å². The molecule has 0 unspecified atom stereocenters. The molecule has 0 radical (unpaired) electrons. The predicted octanol–water partition coefficient (Wildman–Crippen LogP) is 1.99. The third kappa shape index (κ3) is 3.95. The lowest BCUT2D eigenvalue weighted by molar-refractivity contribution is -0.0755. The van der Waals surface area contributed by atoms with Crippen molar-refractivity contribution in [2.45, 2.75) is 25.1 Å². The molecule has 1 saturated heterocycles. The van der Waals surface area contributed by atoms with Crippen LogP contribution in [-0.2, 0) is 29.0 Å². The summed E-state index contributed by atoms with van der Waals surface area (Å²) in [5, 5.41) is 7.77. The quantitative estimate of drug-likeness (QED) is 0.798. The summed E-state index contributed by atoms with van der Waals surface area (Å²) in [5.74, 6) is 0.752. The highest BCUT2D eigenvalue weighted by Gasteiger charge is 2.39. The second kappa shape index (κ2) is 7.34. The van der Waals surface area contributed by atoms with E-state index in [0.29, 0.717) is 19.8 Å². The van der Waals surface area contributed by atoms with E-state index in [1.165, 1.54) is 11.3 Å². The standard InChI is InChI=1S/C18H25N3O3/c1-21(2)16-6-4-14(5-7-16)10-19-18(12-23-13-18)9-15-8-17(11-22-3)24-20-15/h4-8,19H,9-13H2,1-3H3. The first-order valence-corrected chi connectivity index (χ1v) is 8.13. The highest BCUT2D eigenvalue weighted by Crippen LogP contribution is 2.23. The van der Waals surface area contributed by atoms with Crippen LogP contribution in [0.5, 0.6) is 0 Å². The molecule has 130 valence electrons. The van der Waals surface area contributed by atoms with Gasteiger partial charge in [-0.05, 0) is 17.7 Å². The third-order valence-corrected chi connectivity index (χ3v) is 4.29. The van der Waals surface area contributed by atoms with Crippen LogP contribution >= 0.6 is 0 Å². The molecule has 1 aromatic heterocycles. The highest BCUT2D eigenvalue weighted by atomic mass is 16.5. The molecular formula is C18H25N3O3. The summed E-state index contributed by atoms with van der Waals surface area (Å²) in [6.07, 6.45) is 0.788. The zero-order valence-corrected chi connectivity index (χ0v) is 14.5. The lowest BCUT2D eigenvalue weighted by atomic mass is 9.91. The number of methoxy groups -OCH3 is 1. The average molecular weight is 331 g/mol. The summed E-state index contributed by atoms with van der Waals surface area (Å²) in [6, 6.07) is 10.5. The molecule has 6 heteroatoms. The van der Waals surface area contributed by atoms with E-state index in [4.69, 9.17) is 14.0 Å². The van der Waals surface area contributed by atoms with E-state index in [1.807, 2.05) is 20.2 Å². The first-order chi connectivity index (χ1) is 11.6. The monoisotopic (exact) mass is 331 g/mol. The molecule has 3 rings (SSSR count). The van der Waals surface area contributed by atoms with Crippen molar-refractivity contribution in [1.82, 2.24) is 10.5 Å². The van der Waals surface area contributed by atoms with Gasteiger partial charge in [-0.15, -0.1) is 0 Å². The van der Waals surface area contributed by atoms with Crippen LogP contribution in [0.2, 0.25) is 0 Å². The smallest absolute Gasteiger partial charge is 0.162 e. The molecule has 1 fully saturated rings. The van der Waals surface area contributed by atoms with Gasteiger partial charge in [-0.1, -0.05) is 17.3 Å². The van der Waals surface area contributed by atoms with Crippen molar-refractivity contribution in [2.75, 3.05) is 39.3 Å². The fraction of sp³-hybridized carbons (Fsp3) is 0.500. The Bertz CT molecular complexity index is 648. The fourth-order valence-corrected chi connectivity index (χ4v) is 2.81. The van der Waals surface area contributed by atoms with Crippen LogP contribution in [0.4, 0.5) is 5.69 Å². The lowest BCUT2D eigenvalue weighted by Crippen LogP contribution is -2.61. The summed E-state index contributed by atoms with van der Waals surface area (Å²) in [7, 11) is 5.74. The Labute approximate surface area is 142 Å². The van der Waals surface area contributed by atoms with Gasteiger partial charge in [-0.25, -0.2) is 0 Å². The van der Waals surface area contributed by atoms with Crippen LogP contribution in [0.3, 0.4) is 0 Å². The number of hydrogen-bond donors (Lipinski definition) is 1. The maximum absolute atomic E-state index is 5.45. The minimum Gasteiger partial charge on any atom is -0.378 e. The minimum atomic E-state index is -0.0680. The molecule has 0 atom stereocenters. The molecule has 0 bridgehead atoms. The maximum Gasteiger partial charge on any atom is 0.162 e. The number of nitrogens with one attached hydrogen (secondary N) is 1. The van der Waals surface area contributed by atoms with Gasteiger partial charge in [-0.3, -0.25) is 0 Å². The maximum atomic E-state index is 5.45. The zero-order valence-electron chi connectivity index (χ0n) is 14.5. The van der Waals surface area contributed by atoms with Crippen molar-refractivity contribution in [3.05, 3.63) is 47.3 Å². The lowest BCUT2D eigenvalue weighted by Gasteiger charge is -2.42. The predicted molar refractivity (Wildman–Crippen MR) is 92.1 cm³/mol. The molecular weight excluding hydrogens is 306 g/mol. The molecule has 1 aliphatic rings. The van der Waals surface area contributed by atoms with Crippen LogP contribution in [0.25, 0.3) is 0 Å². The average Bonchev–Trinajstić information content (AvgIpc) is 2.97. The van der Waals surface area contributed by atoms with Gasteiger partial charge in [-0.2, -0.15) is 0 Å². The summed E-state index contributed by atoms with van der Waals surface area (Å²) in [6.45, 7) is 2.63. The van der Waals surface area contributed by atoms with Crippen LogP contribution in [0.1, 0.15) is 17.0 Å². The largest absolute Gasteiger partial charge is 0.378 e. The van der Waals surface area contributed by atoms with E-state index in [1.54, 1.807) is 7.11 Å². The van der Waals surface area contributed by atoms with Crippen LogP contribution in [0.15, 0.2) is 34.9 Å². The van der Waals surface area contributed by atoms with Crippen molar-refractivity contribution in [2.24, 2.45) is 0 Å². The second-order valence-electron chi connectivity index (χ2n) is 6.58. The van der Waals surface area contributed by atoms with E-state index in [0.717, 1.165) is 24.4 Å². The van der Waals surface area contributed by atoms with Gasteiger partial charge in [0.15, 0.2) is 5.76 Å². The molecule has 6 nitrogen and oxygen atoms in total. The zero-order chi connectivity index (χ0) is 17.0. The number of benzene rings is 1. The second-order valence-corrected chi connectivity index (χ2v) is 6.58. The molecule has 1 aromatic carbocycles. The SMILES string of the molecule is COCc1cc(CC2(NCc3ccc(N(C)C)cc3)COC2)no1. The molecule has 2 heterocycles. The Kier molecular flexibility index (Phi) is 5.18. The van der Waals surface area contributed by atoms with Crippen molar-refractivity contribution in [1.29, 1.82) is 0 Å². The van der Waals surface area contributed by atoms with E-state index >= 15 is 0 Å². The first kappa shape index (κ1) is 17.0. The number of anilines is 1. The van der Waals surface area contributed by atoms with E-state index in [2.05, 4.69) is 39.6 Å². The molecule has 2 aromatic rings. The van der Waals surface area contributed by atoms with Crippen molar-refractivity contribution in [3.8, 4) is 0 Å². The Hall–Kier alpha value is -1.89. The van der Waals surface area contributed by atoms with E-state index in [9.17, 15) is 0 Å². The molecule has 1 N–H and O–H groups in total. The summed E-state index contributed by atoms with van der Waals surface area (Å²) >= 11 is 0. The Balaban J connectivity index is 1.58. The molecule has 24 heavy (non-hydrogen) atoms. The first-order valence-electron chi connectivity index (χ1n) is 8.13. The number of nitrogens with zero attached hydrogens (tertiary/aromatic N) is 2. The number of hydrogen-bond acceptors (Lipinski definition) is 6. The normalized spacial score (nSPS) is 16.0. The Morgan fingerprint density at radius 2 is 2.00 bits per heavy atom. The number of rotatable bonds is 8. The van der Waals surface area contributed by atoms with Crippen LogP contribution in [-0.4, -0.2) is 45.1 Å². The van der Waals surface area contributed by atoms with Gasteiger partial charge in [0.1, 0.15) is 6.61 Å². The number of aromatic nitrogens is 1. The molecule has 0 aliphatic carbocycles. The Morgan fingerprint density at radius 1 is 1.25 bits per heavy atom. The van der Waals surface area contributed by atoms with E-state index in [-0.39, 0.29) is 5.54 Å². The van der Waals surface area contributed by atoms with Gasteiger partial charge in [0.2, 0.25) is 0 Å². The number of ether oxygens (including phenoxy) is 2. The third-order valence-electron chi connectivity index (χ3n) is 4.29. The fourth-order valence-electron chi connectivity index (χ4n) is 2.81. The summed E-state index contributed by atoms with van der Waals surface area (Å²) in [4.78, 5) is 2.10. The molecule has 0 spiro atoms. The molecule has 0 amide bonds. The summed E-state index contributed by atoms with van der Waals surface area (Å²) in [5.41, 5.74) is 3.32. The molecule has 1 aliphatic heterocycles. The van der Waals surface area contributed by atoms with Gasteiger partial charge < -0.3 is 24.2 Å². The topological polar surface area (TPSA) is 59.8 Å². The highest BCUT2D eigenvalue weighted by molar-refractivity contribution is 5.46. The van der Waals surface area contributed by atoms with Gasteiger partial charge in [0, 0.05) is 45.9 Å². The molecule has 0 saturated carbocycles. The van der Waals surface area contributed by atoms with E-state index < -0.39 is 0 Å². The summed E-state index contributed by atoms with van der Waals surface area (Å²) < 4.78 is 15.8. The van der Waals surface area contributed by atoms with Crippen molar-refractivity contribution < 1.29 is 14.0 Å². The van der Waals surface area contributed by atoms with Crippen LogP contribution in [0, 0.1) is 0 Å². The van der Waals surface area contributed by atoms with Gasteiger partial charge >= 0.3 is 0 Å². The van der Waals surface area contributed by atoms with Crippen LogP contribution < -0.4 is 10.2 Å².